The van der Waals surface area contributed by atoms with Crippen LogP contribution in [0.15, 0.2) is 22.8 Å². The smallest absolute Gasteiger partial charge is 0.287 e. The van der Waals surface area contributed by atoms with Crippen LogP contribution >= 0.6 is 0 Å². The molecule has 0 aromatic carbocycles. The van der Waals surface area contributed by atoms with Crippen molar-refractivity contribution in [2.75, 3.05) is 13.2 Å². The average Bonchev–Trinajstić information content (AvgIpc) is 2.92. The fraction of sp³-hybridized carbons (Fsp3) is 0.500. The molecule has 98 valence electrons. The lowest BCUT2D eigenvalue weighted by molar-refractivity contribution is -0.198. The van der Waals surface area contributed by atoms with E-state index in [4.69, 9.17) is 9.25 Å². The van der Waals surface area contributed by atoms with E-state index in [0.29, 0.717) is 13.2 Å². The van der Waals surface area contributed by atoms with Crippen molar-refractivity contribution in [2.45, 2.75) is 25.8 Å². The van der Waals surface area contributed by atoms with Gasteiger partial charge in [-0.2, -0.15) is 0 Å². The van der Waals surface area contributed by atoms with Gasteiger partial charge in [-0.05, 0) is 31.9 Å². The molecule has 18 heavy (non-hydrogen) atoms. The number of carbonyl (C=O) groups is 2. The number of hydrogen-bond donors (Lipinski definition) is 1. The predicted molar refractivity (Wildman–Crippen MR) is 62.5 cm³/mol. The molecule has 1 aliphatic heterocycles. The van der Waals surface area contributed by atoms with Crippen molar-refractivity contribution in [3.63, 3.8) is 0 Å². The van der Waals surface area contributed by atoms with Crippen LogP contribution in [0.5, 0.6) is 0 Å². The van der Waals surface area contributed by atoms with Gasteiger partial charge in [-0.3, -0.25) is 14.4 Å². The van der Waals surface area contributed by atoms with Gasteiger partial charge in [0.05, 0.1) is 12.9 Å². The first kappa shape index (κ1) is 12.6. The van der Waals surface area contributed by atoms with Gasteiger partial charge in [0.25, 0.3) is 11.8 Å². The summed E-state index contributed by atoms with van der Waals surface area (Å²) in [4.78, 5) is 28.9. The fourth-order valence-corrected chi connectivity index (χ4v) is 1.72. The van der Waals surface area contributed by atoms with Crippen LogP contribution in [-0.2, 0) is 9.63 Å². The standard InChI is InChI=1S/C12H16N2O4/c1-9(12(16)14-6-2-3-8-18-14)13-11(15)10-5-4-7-17-10/h4-5,7,9H,2-3,6,8H2,1H3,(H,13,15). The van der Waals surface area contributed by atoms with Crippen LogP contribution in [0, 0.1) is 0 Å². The van der Waals surface area contributed by atoms with Crippen LogP contribution in [-0.4, -0.2) is 36.1 Å². The Kier molecular flexibility index (Phi) is 3.99. The zero-order valence-corrected chi connectivity index (χ0v) is 10.2. The summed E-state index contributed by atoms with van der Waals surface area (Å²) in [6, 6.07) is 2.53. The molecule has 1 atom stereocenters. The molecule has 1 N–H and O–H groups in total. The van der Waals surface area contributed by atoms with E-state index in [2.05, 4.69) is 5.32 Å². The number of nitrogens with one attached hydrogen (secondary N) is 1. The average molecular weight is 252 g/mol. The van der Waals surface area contributed by atoms with E-state index >= 15 is 0 Å². The largest absolute Gasteiger partial charge is 0.459 e. The zero-order chi connectivity index (χ0) is 13.0. The van der Waals surface area contributed by atoms with Gasteiger partial charge in [-0.15, -0.1) is 0 Å². The highest BCUT2D eigenvalue weighted by atomic mass is 16.7. The Morgan fingerprint density at radius 3 is 2.89 bits per heavy atom. The highest BCUT2D eigenvalue weighted by molar-refractivity contribution is 5.95. The zero-order valence-electron chi connectivity index (χ0n) is 10.2. The fourth-order valence-electron chi connectivity index (χ4n) is 1.72. The maximum Gasteiger partial charge on any atom is 0.287 e. The van der Waals surface area contributed by atoms with Gasteiger partial charge >= 0.3 is 0 Å². The SMILES string of the molecule is CC(NC(=O)c1ccco1)C(=O)N1CCCCO1. The van der Waals surface area contributed by atoms with Crippen LogP contribution in [0.25, 0.3) is 0 Å². The molecule has 6 heteroatoms. The molecule has 0 saturated carbocycles. The molecule has 1 unspecified atom stereocenters. The van der Waals surface area contributed by atoms with Crippen molar-refractivity contribution in [3.8, 4) is 0 Å². The molecule has 0 aliphatic carbocycles. The maximum atomic E-state index is 12.0. The van der Waals surface area contributed by atoms with Gasteiger partial charge < -0.3 is 9.73 Å². The number of nitrogens with zero attached hydrogens (tertiary/aromatic N) is 1. The van der Waals surface area contributed by atoms with E-state index < -0.39 is 11.9 Å². The Hall–Kier alpha value is -1.82. The molecule has 2 amide bonds. The van der Waals surface area contributed by atoms with Crippen LogP contribution in [0.2, 0.25) is 0 Å². The summed E-state index contributed by atoms with van der Waals surface area (Å²) in [5.41, 5.74) is 0. The Bertz CT molecular complexity index is 410. The monoisotopic (exact) mass is 252 g/mol. The molecule has 0 radical (unpaired) electrons. The number of rotatable bonds is 3. The second-order valence-corrected chi connectivity index (χ2v) is 4.15. The number of carbonyl (C=O) groups excluding carboxylic acids is 2. The van der Waals surface area contributed by atoms with E-state index in [0.717, 1.165) is 12.8 Å². The van der Waals surface area contributed by atoms with Crippen molar-refractivity contribution in [1.82, 2.24) is 10.4 Å². The molecule has 1 fully saturated rings. The molecule has 0 spiro atoms. The molecule has 1 saturated heterocycles. The van der Waals surface area contributed by atoms with Gasteiger partial charge in [0.15, 0.2) is 5.76 Å². The molecular formula is C12H16N2O4. The third-order valence-corrected chi connectivity index (χ3v) is 2.71. The van der Waals surface area contributed by atoms with E-state index in [-0.39, 0.29) is 11.7 Å². The molecular weight excluding hydrogens is 236 g/mol. The van der Waals surface area contributed by atoms with Gasteiger partial charge in [0, 0.05) is 6.54 Å². The first-order valence-corrected chi connectivity index (χ1v) is 5.97. The van der Waals surface area contributed by atoms with Crippen molar-refractivity contribution < 1.29 is 18.8 Å². The lowest BCUT2D eigenvalue weighted by atomic mass is 10.2. The van der Waals surface area contributed by atoms with Crippen LogP contribution in [0.4, 0.5) is 0 Å². The Morgan fingerprint density at radius 2 is 2.28 bits per heavy atom. The second-order valence-electron chi connectivity index (χ2n) is 4.15. The normalized spacial score (nSPS) is 17.3. The highest BCUT2D eigenvalue weighted by Gasteiger charge is 2.25. The van der Waals surface area contributed by atoms with E-state index in [1.807, 2.05) is 0 Å². The first-order valence-electron chi connectivity index (χ1n) is 5.97. The van der Waals surface area contributed by atoms with E-state index in [9.17, 15) is 9.59 Å². The molecule has 1 aliphatic rings. The van der Waals surface area contributed by atoms with Crippen LogP contribution < -0.4 is 5.32 Å². The molecule has 6 nitrogen and oxygen atoms in total. The molecule has 1 aromatic heterocycles. The number of hydroxylamine groups is 2. The summed E-state index contributed by atoms with van der Waals surface area (Å²) in [5, 5.41) is 3.89. The van der Waals surface area contributed by atoms with Crippen LogP contribution in [0.1, 0.15) is 30.3 Å². The quantitative estimate of drug-likeness (QED) is 0.869. The van der Waals surface area contributed by atoms with Crippen molar-refractivity contribution >= 4 is 11.8 Å². The van der Waals surface area contributed by atoms with Crippen molar-refractivity contribution in [2.24, 2.45) is 0 Å². The predicted octanol–water partition coefficient (Wildman–Crippen LogP) is 0.952. The summed E-state index contributed by atoms with van der Waals surface area (Å²) in [6.45, 7) is 2.74. The highest BCUT2D eigenvalue weighted by Crippen LogP contribution is 2.08. The van der Waals surface area contributed by atoms with Gasteiger partial charge in [0.1, 0.15) is 6.04 Å². The Morgan fingerprint density at radius 1 is 1.44 bits per heavy atom. The molecule has 2 rings (SSSR count). The summed E-state index contributed by atoms with van der Waals surface area (Å²) < 4.78 is 4.95. The van der Waals surface area contributed by atoms with Crippen LogP contribution in [0.3, 0.4) is 0 Å². The first-order chi connectivity index (χ1) is 8.68. The van der Waals surface area contributed by atoms with Crippen molar-refractivity contribution in [3.05, 3.63) is 24.2 Å². The van der Waals surface area contributed by atoms with E-state index in [1.165, 1.54) is 11.3 Å². The Balaban J connectivity index is 1.88. The Labute approximate surface area is 105 Å². The third kappa shape index (κ3) is 2.89. The minimum atomic E-state index is -0.638. The second kappa shape index (κ2) is 5.68. The van der Waals surface area contributed by atoms with Crippen molar-refractivity contribution in [1.29, 1.82) is 0 Å². The number of hydrogen-bond acceptors (Lipinski definition) is 4. The third-order valence-electron chi connectivity index (χ3n) is 2.71. The molecule has 2 heterocycles. The summed E-state index contributed by atoms with van der Waals surface area (Å²) in [5.74, 6) is -0.457. The topological polar surface area (TPSA) is 71.8 Å². The minimum absolute atomic E-state index is 0.189. The summed E-state index contributed by atoms with van der Waals surface area (Å²) >= 11 is 0. The number of furan rings is 1. The molecule has 0 bridgehead atoms. The molecule has 1 aromatic rings. The minimum Gasteiger partial charge on any atom is -0.459 e. The number of amides is 2. The van der Waals surface area contributed by atoms with Gasteiger partial charge in [-0.1, -0.05) is 0 Å². The van der Waals surface area contributed by atoms with E-state index in [1.54, 1.807) is 19.1 Å². The summed E-state index contributed by atoms with van der Waals surface area (Å²) in [6.07, 6.45) is 3.29. The summed E-state index contributed by atoms with van der Waals surface area (Å²) in [7, 11) is 0. The van der Waals surface area contributed by atoms with Gasteiger partial charge in [0.2, 0.25) is 0 Å². The maximum absolute atomic E-state index is 12.0. The van der Waals surface area contributed by atoms with Gasteiger partial charge in [-0.25, -0.2) is 5.06 Å². The lowest BCUT2D eigenvalue weighted by Crippen LogP contribution is -2.48. The lowest BCUT2D eigenvalue weighted by Gasteiger charge is -2.28.